The molecule has 9 nitrogen and oxygen atoms in total. The first-order valence-electron chi connectivity index (χ1n) is 12.0. The van der Waals surface area contributed by atoms with Crippen LogP contribution >= 0.6 is 0 Å². The van der Waals surface area contributed by atoms with E-state index in [4.69, 9.17) is 9.47 Å². The molecule has 2 heterocycles. The van der Waals surface area contributed by atoms with Crippen molar-refractivity contribution in [3.63, 3.8) is 0 Å². The van der Waals surface area contributed by atoms with Gasteiger partial charge in [0.2, 0.25) is 11.9 Å². The molecule has 3 rings (SSSR count). The number of ether oxygens (including phenoxy) is 2. The number of anilines is 1. The van der Waals surface area contributed by atoms with Gasteiger partial charge in [-0.3, -0.25) is 19.5 Å². The number of methoxy groups -OCH3 is 1. The number of carbonyl (C=O) groups is 1. The number of hydrogen-bond acceptors (Lipinski definition) is 7. The van der Waals surface area contributed by atoms with Crippen molar-refractivity contribution < 1.29 is 14.3 Å². The maximum atomic E-state index is 12.7. The van der Waals surface area contributed by atoms with Crippen LogP contribution in [0.15, 0.2) is 29.1 Å². The molecule has 0 spiro atoms. The van der Waals surface area contributed by atoms with Gasteiger partial charge in [0.15, 0.2) is 0 Å². The van der Waals surface area contributed by atoms with Crippen LogP contribution < -0.4 is 20.5 Å². The first kappa shape index (κ1) is 25.7. The number of H-pyrrole nitrogens is 1. The third-order valence-electron chi connectivity index (χ3n) is 6.35. The minimum Gasteiger partial charge on any atom is -0.497 e. The number of likely N-dealkylation sites (N-methyl/N-ethyl adjacent to an activating group) is 1. The van der Waals surface area contributed by atoms with Crippen LogP contribution in [-0.2, 0) is 16.0 Å². The van der Waals surface area contributed by atoms with Gasteiger partial charge in [0.1, 0.15) is 5.75 Å². The van der Waals surface area contributed by atoms with E-state index >= 15 is 0 Å². The van der Waals surface area contributed by atoms with E-state index in [9.17, 15) is 9.59 Å². The van der Waals surface area contributed by atoms with Crippen LogP contribution in [0.2, 0.25) is 0 Å². The molecule has 9 heteroatoms. The Kier molecular flexibility index (Phi) is 9.47. The van der Waals surface area contributed by atoms with Gasteiger partial charge >= 0.3 is 0 Å². The Morgan fingerprint density at radius 1 is 1.29 bits per heavy atom. The van der Waals surface area contributed by atoms with Gasteiger partial charge in [0.05, 0.1) is 26.4 Å². The van der Waals surface area contributed by atoms with Crippen LogP contribution in [0.25, 0.3) is 0 Å². The number of nitrogens with zero attached hydrogens (tertiary/aromatic N) is 3. The normalized spacial score (nSPS) is 14.8. The molecule has 1 atom stereocenters. The van der Waals surface area contributed by atoms with Crippen LogP contribution in [0.5, 0.6) is 5.75 Å². The average molecular weight is 472 g/mol. The van der Waals surface area contributed by atoms with Crippen LogP contribution in [0.3, 0.4) is 0 Å². The number of morpholine rings is 1. The summed E-state index contributed by atoms with van der Waals surface area (Å²) in [5.74, 6) is 1.28. The molecule has 1 aliphatic rings. The molecule has 34 heavy (non-hydrogen) atoms. The number of aromatic nitrogens is 2. The fraction of sp³-hybridized carbons (Fsp3) is 0.560. The second-order valence-electron chi connectivity index (χ2n) is 8.37. The van der Waals surface area contributed by atoms with E-state index in [1.54, 1.807) is 7.11 Å². The van der Waals surface area contributed by atoms with Gasteiger partial charge < -0.3 is 19.7 Å². The lowest BCUT2D eigenvalue weighted by atomic mass is 10.0. The predicted octanol–water partition coefficient (Wildman–Crippen LogP) is 2.06. The van der Waals surface area contributed by atoms with Crippen molar-refractivity contribution in [2.75, 3.05) is 57.9 Å². The molecule has 2 N–H and O–H groups in total. The monoisotopic (exact) mass is 471 g/mol. The molecule has 0 radical (unpaired) electrons. The fourth-order valence-electron chi connectivity index (χ4n) is 4.32. The van der Waals surface area contributed by atoms with Crippen LogP contribution in [-0.4, -0.2) is 73.8 Å². The van der Waals surface area contributed by atoms with Crippen molar-refractivity contribution >= 4 is 11.9 Å². The Bertz CT molecular complexity index is 999. The van der Waals surface area contributed by atoms with Crippen molar-refractivity contribution in [1.29, 1.82) is 0 Å². The number of carbonyl (C=O) groups excluding carboxylic acids is 1. The maximum absolute atomic E-state index is 12.7. The topological polar surface area (TPSA) is 99.8 Å². The zero-order valence-corrected chi connectivity index (χ0v) is 20.7. The molecule has 186 valence electrons. The molecule has 0 unspecified atom stereocenters. The summed E-state index contributed by atoms with van der Waals surface area (Å²) < 4.78 is 10.7. The Hall–Kier alpha value is -2.91. The number of hydrogen-bond donors (Lipinski definition) is 2. The van der Waals surface area contributed by atoms with Crippen molar-refractivity contribution in [3.05, 3.63) is 51.4 Å². The summed E-state index contributed by atoms with van der Waals surface area (Å²) in [5, 5.41) is 3.06. The minimum absolute atomic E-state index is 0.0358. The third kappa shape index (κ3) is 6.57. The predicted molar refractivity (Wildman–Crippen MR) is 133 cm³/mol. The van der Waals surface area contributed by atoms with Gasteiger partial charge in [-0.1, -0.05) is 26.0 Å². The lowest BCUT2D eigenvalue weighted by Gasteiger charge is -2.30. The SMILES string of the molecule is CCN(CC)[C@H](CNC(=O)CCc1c(C)nc(N2CCOCC2)[nH]c1=O)c1cccc(OC)c1. The van der Waals surface area contributed by atoms with Crippen molar-refractivity contribution in [1.82, 2.24) is 20.2 Å². The highest BCUT2D eigenvalue weighted by molar-refractivity contribution is 5.76. The number of benzene rings is 1. The minimum atomic E-state index is -0.181. The summed E-state index contributed by atoms with van der Waals surface area (Å²) in [7, 11) is 1.65. The second kappa shape index (κ2) is 12.5. The molecule has 0 bridgehead atoms. The van der Waals surface area contributed by atoms with Gasteiger partial charge in [-0.05, 0) is 44.1 Å². The van der Waals surface area contributed by atoms with Gasteiger partial charge in [0, 0.05) is 37.3 Å². The highest BCUT2D eigenvalue weighted by Gasteiger charge is 2.20. The van der Waals surface area contributed by atoms with E-state index in [-0.39, 0.29) is 23.9 Å². The van der Waals surface area contributed by atoms with Crippen LogP contribution in [0.4, 0.5) is 5.95 Å². The molecule has 1 aliphatic heterocycles. The van der Waals surface area contributed by atoms with Crippen molar-refractivity contribution in [2.45, 2.75) is 39.7 Å². The largest absolute Gasteiger partial charge is 0.497 e. The summed E-state index contributed by atoms with van der Waals surface area (Å²) >= 11 is 0. The molecule has 1 amide bonds. The second-order valence-corrected chi connectivity index (χ2v) is 8.37. The van der Waals surface area contributed by atoms with E-state index < -0.39 is 0 Å². The maximum Gasteiger partial charge on any atom is 0.255 e. The molecule has 0 saturated carbocycles. The standard InChI is InChI=1S/C25H37N5O4/c1-5-29(6-2)22(19-8-7-9-20(16-19)33-4)17-26-23(31)11-10-21-18(3)27-25(28-24(21)32)30-12-14-34-15-13-30/h7-9,16,22H,5-6,10-15,17H2,1-4H3,(H,26,31)(H,27,28,32)/t22-/m1/s1. The third-order valence-corrected chi connectivity index (χ3v) is 6.35. The van der Waals surface area contributed by atoms with Crippen molar-refractivity contribution in [2.24, 2.45) is 0 Å². The Balaban J connectivity index is 1.62. The summed E-state index contributed by atoms with van der Waals surface area (Å²) in [4.78, 5) is 37.2. The van der Waals surface area contributed by atoms with Gasteiger partial charge in [0.25, 0.3) is 5.56 Å². The number of aryl methyl sites for hydroxylation is 1. The van der Waals surface area contributed by atoms with E-state index in [1.807, 2.05) is 30.0 Å². The molecular formula is C25H37N5O4. The van der Waals surface area contributed by atoms with Crippen molar-refractivity contribution in [3.8, 4) is 5.75 Å². The lowest BCUT2D eigenvalue weighted by Crippen LogP contribution is -2.39. The Morgan fingerprint density at radius 3 is 2.68 bits per heavy atom. The zero-order chi connectivity index (χ0) is 24.5. The fourth-order valence-corrected chi connectivity index (χ4v) is 4.32. The summed E-state index contributed by atoms with van der Waals surface area (Å²) in [6, 6.07) is 7.99. The van der Waals surface area contributed by atoms with E-state index in [0.29, 0.717) is 56.5 Å². The first-order chi connectivity index (χ1) is 16.5. The Labute approximate surface area is 201 Å². The van der Waals surface area contributed by atoms with E-state index in [1.165, 1.54) is 0 Å². The highest BCUT2D eigenvalue weighted by atomic mass is 16.5. The molecule has 1 aromatic carbocycles. The molecular weight excluding hydrogens is 434 g/mol. The quantitative estimate of drug-likeness (QED) is 0.517. The molecule has 1 saturated heterocycles. The molecule has 1 aromatic heterocycles. The van der Waals surface area contributed by atoms with Crippen LogP contribution in [0, 0.1) is 6.92 Å². The van der Waals surface area contributed by atoms with Gasteiger partial charge in [-0.15, -0.1) is 0 Å². The Morgan fingerprint density at radius 2 is 2.03 bits per heavy atom. The van der Waals surface area contributed by atoms with Crippen LogP contribution in [0.1, 0.15) is 43.1 Å². The first-order valence-corrected chi connectivity index (χ1v) is 12.0. The number of aromatic amines is 1. The number of nitrogens with one attached hydrogen (secondary N) is 2. The van der Waals surface area contributed by atoms with E-state index in [2.05, 4.69) is 40.1 Å². The molecule has 2 aromatic rings. The summed E-state index contributed by atoms with van der Waals surface area (Å²) in [5.41, 5.74) is 2.13. The zero-order valence-electron chi connectivity index (χ0n) is 20.7. The lowest BCUT2D eigenvalue weighted by molar-refractivity contribution is -0.121. The molecule has 0 aliphatic carbocycles. The van der Waals surface area contributed by atoms with E-state index in [0.717, 1.165) is 24.4 Å². The summed E-state index contributed by atoms with van der Waals surface area (Å²) in [6.07, 6.45) is 0.573. The number of amides is 1. The van der Waals surface area contributed by atoms with Gasteiger partial charge in [-0.2, -0.15) is 0 Å². The smallest absolute Gasteiger partial charge is 0.255 e. The highest BCUT2D eigenvalue weighted by Crippen LogP contribution is 2.24. The summed E-state index contributed by atoms with van der Waals surface area (Å²) in [6.45, 7) is 10.9. The average Bonchev–Trinajstić information content (AvgIpc) is 2.86. The number of rotatable bonds is 11. The molecule has 1 fully saturated rings. The van der Waals surface area contributed by atoms with Gasteiger partial charge in [-0.25, -0.2) is 4.98 Å².